The lowest BCUT2D eigenvalue weighted by Crippen LogP contribution is -2.16. The van der Waals surface area contributed by atoms with Gasteiger partial charge in [0.05, 0.1) is 0 Å². The standard InChI is InChI=1S/C21H19P/c1-2-21(18-12-6-3-7-13-18)22(19-14-8-4-9-15-19)20-16-10-5-11-17-20/h2-17,21H,1H2. The first-order valence-corrected chi connectivity index (χ1v) is 8.88. The van der Waals surface area contributed by atoms with E-state index in [2.05, 4.69) is 104 Å². The number of hydrogen-bond acceptors (Lipinski definition) is 0. The average molecular weight is 302 g/mol. The van der Waals surface area contributed by atoms with E-state index in [1.54, 1.807) is 0 Å². The van der Waals surface area contributed by atoms with Crippen molar-refractivity contribution in [1.82, 2.24) is 0 Å². The minimum atomic E-state index is -0.509. The van der Waals surface area contributed by atoms with Crippen LogP contribution in [-0.2, 0) is 0 Å². The average Bonchev–Trinajstić information content (AvgIpc) is 2.62. The minimum Gasteiger partial charge on any atom is -0.102 e. The van der Waals surface area contributed by atoms with Gasteiger partial charge in [-0.05, 0) is 24.1 Å². The molecule has 3 aromatic carbocycles. The number of rotatable bonds is 5. The predicted molar refractivity (Wildman–Crippen MR) is 98.5 cm³/mol. The van der Waals surface area contributed by atoms with E-state index >= 15 is 0 Å². The zero-order valence-corrected chi connectivity index (χ0v) is 13.4. The molecule has 0 amide bonds. The molecular weight excluding hydrogens is 283 g/mol. The summed E-state index contributed by atoms with van der Waals surface area (Å²) in [6.07, 6.45) is 2.10. The van der Waals surface area contributed by atoms with Gasteiger partial charge in [0, 0.05) is 5.66 Å². The Labute approximate surface area is 133 Å². The highest BCUT2D eigenvalue weighted by Crippen LogP contribution is 2.49. The molecule has 0 aliphatic rings. The van der Waals surface area contributed by atoms with Crippen molar-refractivity contribution < 1.29 is 0 Å². The van der Waals surface area contributed by atoms with Gasteiger partial charge >= 0.3 is 0 Å². The Morgan fingerprint density at radius 3 is 1.45 bits per heavy atom. The molecule has 0 aliphatic carbocycles. The van der Waals surface area contributed by atoms with Crippen LogP contribution in [0.15, 0.2) is 104 Å². The first-order valence-electron chi connectivity index (χ1n) is 7.47. The molecule has 0 aliphatic heterocycles. The number of hydrogen-bond donors (Lipinski definition) is 0. The van der Waals surface area contributed by atoms with Crippen LogP contribution in [0, 0.1) is 0 Å². The van der Waals surface area contributed by atoms with E-state index in [1.165, 1.54) is 16.2 Å². The van der Waals surface area contributed by atoms with Gasteiger partial charge in [0.1, 0.15) is 0 Å². The molecule has 1 heteroatoms. The van der Waals surface area contributed by atoms with Crippen molar-refractivity contribution in [1.29, 1.82) is 0 Å². The van der Waals surface area contributed by atoms with Crippen molar-refractivity contribution >= 4 is 18.5 Å². The zero-order valence-electron chi connectivity index (χ0n) is 12.5. The molecule has 0 aromatic heterocycles. The molecule has 0 radical (unpaired) electrons. The lowest BCUT2D eigenvalue weighted by molar-refractivity contribution is 1.22. The van der Waals surface area contributed by atoms with Gasteiger partial charge in [-0.2, -0.15) is 0 Å². The van der Waals surface area contributed by atoms with E-state index in [1.807, 2.05) is 0 Å². The quantitative estimate of drug-likeness (QED) is 0.457. The summed E-state index contributed by atoms with van der Waals surface area (Å²) < 4.78 is 0. The molecule has 0 saturated heterocycles. The lowest BCUT2D eigenvalue weighted by atomic mass is 10.1. The molecule has 0 heterocycles. The normalized spacial score (nSPS) is 12.0. The zero-order chi connectivity index (χ0) is 15.2. The summed E-state index contributed by atoms with van der Waals surface area (Å²) in [5.41, 5.74) is 1.65. The molecule has 0 nitrogen and oxygen atoms in total. The Morgan fingerprint density at radius 2 is 1.05 bits per heavy atom. The van der Waals surface area contributed by atoms with Crippen LogP contribution in [0.4, 0.5) is 0 Å². The molecule has 0 N–H and O–H groups in total. The second-order valence-electron chi connectivity index (χ2n) is 5.13. The molecule has 0 fully saturated rings. The summed E-state index contributed by atoms with van der Waals surface area (Å²) in [7, 11) is -0.509. The third kappa shape index (κ3) is 3.18. The summed E-state index contributed by atoms with van der Waals surface area (Å²) in [5.74, 6) is 0. The second kappa shape index (κ2) is 7.20. The van der Waals surface area contributed by atoms with Crippen LogP contribution in [0.5, 0.6) is 0 Å². The van der Waals surface area contributed by atoms with Crippen molar-refractivity contribution in [3.05, 3.63) is 109 Å². The summed E-state index contributed by atoms with van der Waals surface area (Å²) in [6.45, 7) is 4.13. The maximum Gasteiger partial charge on any atom is 0.0299 e. The first-order chi connectivity index (χ1) is 10.9. The van der Waals surface area contributed by atoms with Crippen LogP contribution in [0.2, 0.25) is 0 Å². The maximum atomic E-state index is 4.13. The van der Waals surface area contributed by atoms with E-state index < -0.39 is 7.92 Å². The SMILES string of the molecule is C=CC(c1ccccc1)P(c1ccccc1)c1ccccc1. The fraction of sp³-hybridized carbons (Fsp3) is 0.0476. The van der Waals surface area contributed by atoms with E-state index in [9.17, 15) is 0 Å². The summed E-state index contributed by atoms with van der Waals surface area (Å²) in [5, 5.41) is 2.77. The first kappa shape index (κ1) is 14.8. The Hall–Kier alpha value is -2.17. The second-order valence-corrected chi connectivity index (χ2v) is 7.46. The van der Waals surface area contributed by atoms with Gasteiger partial charge < -0.3 is 0 Å². The minimum absolute atomic E-state index is 0.320. The summed E-state index contributed by atoms with van der Waals surface area (Å²) in [4.78, 5) is 0. The molecule has 22 heavy (non-hydrogen) atoms. The van der Waals surface area contributed by atoms with Gasteiger partial charge in [0.15, 0.2) is 0 Å². The molecular formula is C21H19P. The van der Waals surface area contributed by atoms with Gasteiger partial charge in [-0.25, -0.2) is 0 Å². The van der Waals surface area contributed by atoms with Crippen LogP contribution in [0.1, 0.15) is 11.2 Å². The van der Waals surface area contributed by atoms with Crippen molar-refractivity contribution in [3.63, 3.8) is 0 Å². The van der Waals surface area contributed by atoms with Gasteiger partial charge in [-0.15, -0.1) is 6.58 Å². The molecule has 0 saturated carbocycles. The maximum absolute atomic E-state index is 4.13. The molecule has 0 bridgehead atoms. The third-order valence-corrected chi connectivity index (χ3v) is 6.49. The van der Waals surface area contributed by atoms with Crippen LogP contribution < -0.4 is 10.6 Å². The summed E-state index contributed by atoms with van der Waals surface area (Å²) in [6, 6.07) is 32.3. The monoisotopic (exact) mass is 302 g/mol. The lowest BCUT2D eigenvalue weighted by Gasteiger charge is -2.26. The van der Waals surface area contributed by atoms with Crippen molar-refractivity contribution in [2.45, 2.75) is 5.66 Å². The molecule has 1 unspecified atom stereocenters. The molecule has 3 rings (SSSR count). The van der Waals surface area contributed by atoms with Gasteiger partial charge in [-0.3, -0.25) is 0 Å². The predicted octanol–water partition coefficient (Wildman–Crippen LogP) is 5.05. The Kier molecular flexibility index (Phi) is 4.83. The highest BCUT2D eigenvalue weighted by molar-refractivity contribution is 7.73. The van der Waals surface area contributed by atoms with E-state index in [4.69, 9.17) is 0 Å². The topological polar surface area (TPSA) is 0 Å². The number of allylic oxidation sites excluding steroid dienone is 1. The van der Waals surface area contributed by atoms with Crippen molar-refractivity contribution in [2.75, 3.05) is 0 Å². The highest BCUT2D eigenvalue weighted by atomic mass is 31.1. The van der Waals surface area contributed by atoms with Gasteiger partial charge in [0.25, 0.3) is 0 Å². The van der Waals surface area contributed by atoms with E-state index in [0.717, 1.165) is 0 Å². The van der Waals surface area contributed by atoms with Crippen molar-refractivity contribution in [2.24, 2.45) is 0 Å². The number of benzene rings is 3. The Bertz CT molecular complexity index is 665. The van der Waals surface area contributed by atoms with Crippen molar-refractivity contribution in [3.8, 4) is 0 Å². The fourth-order valence-corrected chi connectivity index (χ4v) is 5.30. The van der Waals surface area contributed by atoms with Gasteiger partial charge in [-0.1, -0.05) is 97.1 Å². The van der Waals surface area contributed by atoms with Gasteiger partial charge in [0.2, 0.25) is 0 Å². The van der Waals surface area contributed by atoms with E-state index in [-0.39, 0.29) is 0 Å². The van der Waals surface area contributed by atoms with E-state index in [0.29, 0.717) is 5.66 Å². The molecule has 3 aromatic rings. The molecule has 0 spiro atoms. The molecule has 1 atom stereocenters. The molecule has 108 valence electrons. The summed E-state index contributed by atoms with van der Waals surface area (Å²) >= 11 is 0. The highest BCUT2D eigenvalue weighted by Gasteiger charge is 2.23. The van der Waals surface area contributed by atoms with Crippen LogP contribution >= 0.6 is 7.92 Å². The Morgan fingerprint density at radius 1 is 0.636 bits per heavy atom. The Balaban J connectivity index is 2.11. The van der Waals surface area contributed by atoms with Crippen LogP contribution in [0.25, 0.3) is 0 Å². The smallest absolute Gasteiger partial charge is 0.0299 e. The van der Waals surface area contributed by atoms with Crippen LogP contribution in [0.3, 0.4) is 0 Å². The third-order valence-electron chi connectivity index (χ3n) is 3.71. The largest absolute Gasteiger partial charge is 0.102 e. The fourth-order valence-electron chi connectivity index (χ4n) is 2.69. The van der Waals surface area contributed by atoms with Crippen LogP contribution in [-0.4, -0.2) is 0 Å².